The van der Waals surface area contributed by atoms with E-state index in [0.717, 1.165) is 10.9 Å². The average Bonchev–Trinajstić information content (AvgIpc) is 3.16. The summed E-state index contributed by atoms with van der Waals surface area (Å²) < 4.78 is 0. The Kier molecular flexibility index (Phi) is 5.90. The topological polar surface area (TPSA) is 126 Å². The smallest absolute Gasteiger partial charge is 0.229 e. The minimum Gasteiger partial charge on any atom is -0.698 e. The Morgan fingerprint density at radius 2 is 1.89 bits per heavy atom. The number of nitriles is 1. The molecule has 9 heteroatoms. The number of anilines is 4. The minimum atomic E-state index is 0. The fraction of sp³-hybridized carbons (Fsp3) is 0. The van der Waals surface area contributed by atoms with Gasteiger partial charge in [-0.25, -0.2) is 4.98 Å². The second-order valence-corrected chi connectivity index (χ2v) is 5.51. The average molecular weight is 568 g/mol. The number of nitrogens with one attached hydrogen (secondary N) is 4. The van der Waals surface area contributed by atoms with Crippen molar-refractivity contribution in [1.82, 2.24) is 20.2 Å². The van der Waals surface area contributed by atoms with Gasteiger partial charge < -0.3 is 16.4 Å². The van der Waals surface area contributed by atoms with Crippen molar-refractivity contribution in [2.24, 2.45) is 0 Å². The van der Waals surface area contributed by atoms with Gasteiger partial charge in [0, 0.05) is 66.8 Å². The van der Waals surface area contributed by atoms with Crippen LogP contribution in [0.3, 0.4) is 0 Å². The molecule has 0 aliphatic heterocycles. The third kappa shape index (κ3) is 4.19. The first-order valence-electron chi connectivity index (χ1n) is 7.79. The number of nitrogens with zero attached hydrogens (tertiary/aromatic N) is 4. The van der Waals surface area contributed by atoms with Crippen LogP contribution in [0.5, 0.6) is 0 Å². The number of hydrogen-bond acceptors (Lipinski definition) is 6. The van der Waals surface area contributed by atoms with E-state index in [1.54, 1.807) is 30.5 Å². The van der Waals surface area contributed by atoms with Gasteiger partial charge >= 0.3 is 0 Å². The van der Waals surface area contributed by atoms with E-state index in [-0.39, 0.29) is 55.3 Å². The molecule has 129 valence electrons. The fourth-order valence-electron chi connectivity index (χ4n) is 2.52. The van der Waals surface area contributed by atoms with E-state index in [0.29, 0.717) is 23.3 Å². The fourth-order valence-corrected chi connectivity index (χ4v) is 2.52. The van der Waals surface area contributed by atoms with Crippen molar-refractivity contribution in [3.8, 4) is 6.07 Å². The molecule has 0 unspecified atom stereocenters. The van der Waals surface area contributed by atoms with Crippen molar-refractivity contribution in [1.29, 1.82) is 5.26 Å². The number of benzene rings is 2. The summed E-state index contributed by atoms with van der Waals surface area (Å²) in [6.07, 6.45) is 1.65. The number of hydrogen-bond donors (Lipinski definition) is 3. The first kappa shape index (κ1) is 19.1. The monoisotopic (exact) mass is 568 g/mol. The van der Waals surface area contributed by atoms with E-state index >= 15 is 0 Å². The van der Waals surface area contributed by atoms with Gasteiger partial charge in [-0.15, -0.1) is 5.69 Å². The molecular formula is C18H13AcN8-. The Morgan fingerprint density at radius 3 is 2.67 bits per heavy atom. The van der Waals surface area contributed by atoms with Crippen molar-refractivity contribution in [3.63, 3.8) is 0 Å². The molecule has 0 aliphatic carbocycles. The van der Waals surface area contributed by atoms with Crippen molar-refractivity contribution < 1.29 is 44.1 Å². The predicted molar refractivity (Wildman–Crippen MR) is 99.8 cm³/mol. The Labute approximate surface area is 190 Å². The van der Waals surface area contributed by atoms with Gasteiger partial charge in [-0.1, -0.05) is 18.2 Å². The Morgan fingerprint density at radius 1 is 1.04 bits per heavy atom. The van der Waals surface area contributed by atoms with Crippen molar-refractivity contribution in [3.05, 3.63) is 66.0 Å². The molecule has 0 bridgehead atoms. The molecule has 4 aromatic rings. The number of rotatable bonds is 4. The van der Waals surface area contributed by atoms with E-state index in [1.165, 1.54) is 0 Å². The van der Waals surface area contributed by atoms with Crippen LogP contribution >= 0.6 is 0 Å². The molecule has 0 spiro atoms. The predicted octanol–water partition coefficient (Wildman–Crippen LogP) is 4.40. The second-order valence-electron chi connectivity index (χ2n) is 5.51. The van der Waals surface area contributed by atoms with E-state index in [1.807, 2.05) is 30.3 Å². The van der Waals surface area contributed by atoms with Crippen molar-refractivity contribution in [2.45, 2.75) is 0 Å². The third-order valence-electron chi connectivity index (χ3n) is 3.75. The van der Waals surface area contributed by atoms with E-state index in [9.17, 15) is 0 Å². The number of aromatic amines is 1. The summed E-state index contributed by atoms with van der Waals surface area (Å²) in [5, 5.41) is 23.0. The normalized spacial score (nSPS) is 10.0. The summed E-state index contributed by atoms with van der Waals surface area (Å²) in [4.78, 5) is 9.06. The molecule has 0 saturated carbocycles. The molecule has 0 amide bonds. The first-order valence-corrected chi connectivity index (χ1v) is 7.79. The molecule has 27 heavy (non-hydrogen) atoms. The summed E-state index contributed by atoms with van der Waals surface area (Å²) in [5.74, 6) is 1.72. The molecule has 2 aromatic heterocycles. The summed E-state index contributed by atoms with van der Waals surface area (Å²) in [6, 6.07) is 16.3. The molecular weight excluding hydrogens is 555 g/mol. The molecule has 0 fully saturated rings. The molecule has 0 aliphatic rings. The van der Waals surface area contributed by atoms with Crippen LogP contribution in [0, 0.1) is 55.4 Å². The number of fused-ring (bicyclic) bond motifs is 1. The van der Waals surface area contributed by atoms with Gasteiger partial charge in [0.15, 0.2) is 0 Å². The molecule has 2 aromatic carbocycles. The largest absolute Gasteiger partial charge is 0.698 e. The summed E-state index contributed by atoms with van der Waals surface area (Å²) in [6.45, 7) is 0. The van der Waals surface area contributed by atoms with E-state index in [2.05, 4.69) is 30.8 Å². The standard InChI is InChI=1S/C18H13N8.Ac/c19-10-11-9-12(5-6-14(11)20)22-18-23-15-4-2-1-3-13(15)17(25-18)24-16-7-8-21-26-16;/h1-9,20H,(H3,21,22,23,24,25,26);/q-1;. The number of H-pyrrole nitrogens is 1. The molecule has 0 saturated heterocycles. The first-order chi connectivity index (χ1) is 12.7. The van der Waals surface area contributed by atoms with Crippen LogP contribution in [0.4, 0.5) is 29.0 Å². The van der Waals surface area contributed by atoms with Crippen LogP contribution in [0.15, 0.2) is 54.7 Å². The van der Waals surface area contributed by atoms with Crippen LogP contribution in [0.1, 0.15) is 5.56 Å². The van der Waals surface area contributed by atoms with Crippen molar-refractivity contribution in [2.75, 3.05) is 10.6 Å². The SMILES string of the molecule is N#Cc1cc(Nc2nc(Nc3ccn[nH]3)c3ccccc3n2)ccc1[NH-].[Ac]. The second kappa shape index (κ2) is 8.34. The van der Waals surface area contributed by atoms with Crippen LogP contribution in [-0.4, -0.2) is 20.2 Å². The summed E-state index contributed by atoms with van der Waals surface area (Å²) >= 11 is 0. The van der Waals surface area contributed by atoms with Crippen LogP contribution < -0.4 is 10.6 Å². The van der Waals surface area contributed by atoms with E-state index < -0.39 is 0 Å². The van der Waals surface area contributed by atoms with Gasteiger partial charge in [0.1, 0.15) is 11.6 Å². The zero-order chi connectivity index (χ0) is 17.9. The molecule has 4 rings (SSSR count). The van der Waals surface area contributed by atoms with Crippen LogP contribution in [-0.2, 0) is 0 Å². The molecule has 4 N–H and O–H groups in total. The maximum atomic E-state index is 9.09. The molecule has 0 atom stereocenters. The van der Waals surface area contributed by atoms with Gasteiger partial charge in [-0.2, -0.15) is 15.3 Å². The molecule has 8 nitrogen and oxygen atoms in total. The van der Waals surface area contributed by atoms with Crippen LogP contribution in [0.25, 0.3) is 16.6 Å². The number of aromatic nitrogens is 4. The quantitative estimate of drug-likeness (QED) is 0.335. The van der Waals surface area contributed by atoms with E-state index in [4.69, 9.17) is 11.0 Å². The van der Waals surface area contributed by atoms with Gasteiger partial charge in [0.25, 0.3) is 0 Å². The Balaban J connectivity index is 0.00000210. The molecule has 1 radical (unpaired) electrons. The molecule has 2 heterocycles. The zero-order valence-electron chi connectivity index (χ0n) is 14.1. The van der Waals surface area contributed by atoms with Gasteiger partial charge in [-0.05, 0) is 24.3 Å². The maximum absolute atomic E-state index is 9.09. The van der Waals surface area contributed by atoms with Crippen molar-refractivity contribution >= 4 is 39.9 Å². The summed E-state index contributed by atoms with van der Waals surface area (Å²) in [7, 11) is 0. The van der Waals surface area contributed by atoms with Gasteiger partial charge in [0.2, 0.25) is 5.95 Å². The maximum Gasteiger partial charge on any atom is 0.229 e. The third-order valence-corrected chi connectivity index (χ3v) is 3.75. The van der Waals surface area contributed by atoms with Crippen LogP contribution in [0.2, 0.25) is 0 Å². The zero-order valence-corrected chi connectivity index (χ0v) is 18.8. The minimum absolute atomic E-state index is 0. The Bertz CT molecular complexity index is 1120. The van der Waals surface area contributed by atoms with Gasteiger partial charge in [0.05, 0.1) is 17.8 Å². The van der Waals surface area contributed by atoms with Gasteiger partial charge in [-0.3, -0.25) is 5.10 Å². The number of para-hydroxylation sites is 1. The summed E-state index contributed by atoms with van der Waals surface area (Å²) in [5.41, 5.74) is 9.57. The Hall–Kier alpha value is -2.68.